The van der Waals surface area contributed by atoms with E-state index in [4.69, 9.17) is 17.3 Å². The molecule has 2 heterocycles. The second-order valence-corrected chi connectivity index (χ2v) is 7.90. The number of hydrogen-bond acceptors (Lipinski definition) is 3. The Morgan fingerprint density at radius 1 is 1.13 bits per heavy atom. The van der Waals surface area contributed by atoms with Crippen molar-refractivity contribution >= 4 is 22.5 Å². The van der Waals surface area contributed by atoms with Gasteiger partial charge in [0.05, 0.1) is 16.3 Å². The minimum absolute atomic E-state index is 0.0266. The molecule has 5 nitrogen and oxygen atoms in total. The van der Waals surface area contributed by atoms with Crippen LogP contribution in [0.1, 0.15) is 35.7 Å². The summed E-state index contributed by atoms with van der Waals surface area (Å²) in [6.45, 7) is 0. The summed E-state index contributed by atoms with van der Waals surface area (Å²) in [6, 6.07) is 2.91. The van der Waals surface area contributed by atoms with E-state index in [-0.39, 0.29) is 16.9 Å². The summed E-state index contributed by atoms with van der Waals surface area (Å²) in [5.74, 6) is 0. The maximum absolute atomic E-state index is 14.3. The van der Waals surface area contributed by atoms with E-state index in [0.717, 1.165) is 17.5 Å². The average molecular weight is 465 g/mol. The summed E-state index contributed by atoms with van der Waals surface area (Å²) >= 11 is 5.66. The van der Waals surface area contributed by atoms with Crippen LogP contribution in [0.15, 0.2) is 35.3 Å². The summed E-state index contributed by atoms with van der Waals surface area (Å²) in [7, 11) is 1.19. The fraction of sp³-hybridized carbons (Fsp3) is 0.368. The average Bonchev–Trinajstić information content (AvgIpc) is 3.41. The molecule has 0 unspecified atom stereocenters. The molecule has 0 saturated heterocycles. The predicted molar refractivity (Wildman–Crippen MR) is 101 cm³/mol. The molecule has 1 aliphatic carbocycles. The lowest BCUT2D eigenvalue weighted by Gasteiger charge is -2.33. The molecule has 3 aromatic rings. The molecule has 0 spiro atoms. The summed E-state index contributed by atoms with van der Waals surface area (Å²) in [6.07, 6.45) is -7.07. The van der Waals surface area contributed by atoms with Crippen molar-refractivity contribution < 1.29 is 26.3 Å². The van der Waals surface area contributed by atoms with Crippen LogP contribution in [0, 0.1) is 0 Å². The highest BCUT2D eigenvalue weighted by Crippen LogP contribution is 2.46. The third-order valence-corrected chi connectivity index (χ3v) is 5.73. The van der Waals surface area contributed by atoms with E-state index in [2.05, 4.69) is 5.10 Å². The van der Waals surface area contributed by atoms with Crippen molar-refractivity contribution in [2.75, 3.05) is 0 Å². The van der Waals surface area contributed by atoms with Gasteiger partial charge in [-0.25, -0.2) is 0 Å². The van der Waals surface area contributed by atoms with Gasteiger partial charge in [-0.15, -0.1) is 0 Å². The number of rotatable bonds is 3. The summed E-state index contributed by atoms with van der Waals surface area (Å²) in [5.41, 5.74) is -0.735. The quantitative estimate of drug-likeness (QED) is 0.580. The third kappa shape index (κ3) is 3.30. The van der Waals surface area contributed by atoms with Gasteiger partial charge in [0.2, 0.25) is 0 Å². The Morgan fingerprint density at radius 2 is 1.77 bits per heavy atom. The van der Waals surface area contributed by atoms with Crippen molar-refractivity contribution in [2.45, 2.75) is 36.8 Å². The van der Waals surface area contributed by atoms with Crippen LogP contribution in [0.2, 0.25) is 5.02 Å². The van der Waals surface area contributed by atoms with Crippen molar-refractivity contribution in [3.63, 3.8) is 0 Å². The number of nitrogens with zero attached hydrogens (tertiary/aromatic N) is 3. The molecule has 12 heteroatoms. The molecular formula is C19H15ClF6N4O. The topological polar surface area (TPSA) is 65.8 Å². The second kappa shape index (κ2) is 6.73. The molecule has 0 radical (unpaired) electrons. The molecule has 1 atom stereocenters. The van der Waals surface area contributed by atoms with Crippen LogP contribution in [-0.2, 0) is 18.8 Å². The Hall–Kier alpha value is -2.53. The molecule has 0 aliphatic heterocycles. The van der Waals surface area contributed by atoms with Gasteiger partial charge in [0, 0.05) is 24.7 Å². The van der Waals surface area contributed by atoms with E-state index in [9.17, 15) is 31.1 Å². The van der Waals surface area contributed by atoms with Gasteiger partial charge in [-0.1, -0.05) is 17.7 Å². The zero-order valence-corrected chi connectivity index (χ0v) is 16.6. The van der Waals surface area contributed by atoms with Crippen LogP contribution < -0.4 is 11.3 Å². The number of halogens is 7. The van der Waals surface area contributed by atoms with Crippen LogP contribution in [0.25, 0.3) is 10.9 Å². The van der Waals surface area contributed by atoms with Gasteiger partial charge >= 0.3 is 12.4 Å². The molecule has 0 amide bonds. The first-order valence-electron chi connectivity index (χ1n) is 9.08. The summed E-state index contributed by atoms with van der Waals surface area (Å²) in [4.78, 5) is 12.7. The first kappa shape index (κ1) is 21.7. The SMILES string of the molecule is Cn1nc2c(=O)n(C3CC3)ccc2c1[C@](N)(c1ccc(C(F)(F)F)c(Cl)c1)C(F)(F)F. The Bertz CT molecular complexity index is 1240. The minimum Gasteiger partial charge on any atom is -0.311 e. The number of fused-ring (bicyclic) bond motifs is 1. The summed E-state index contributed by atoms with van der Waals surface area (Å²) in [5, 5.41) is 2.90. The van der Waals surface area contributed by atoms with E-state index in [0.29, 0.717) is 18.2 Å². The standard InChI is InChI=1S/C19H15ClF6N4O/c1-29-15(11-6-7-30(10-3-4-10)16(31)14(11)28-29)17(27,19(24,25)26)9-2-5-12(13(20)8-9)18(21,22)23/h2,5-8,10H,3-4,27H2,1H3/t17-/m1/s1. The Labute approximate surface area is 176 Å². The Balaban J connectivity index is 1.99. The van der Waals surface area contributed by atoms with Gasteiger partial charge in [0.1, 0.15) is 0 Å². The van der Waals surface area contributed by atoms with E-state index in [1.54, 1.807) is 0 Å². The fourth-order valence-corrected chi connectivity index (χ4v) is 4.02. The highest BCUT2D eigenvalue weighted by atomic mass is 35.5. The molecule has 1 fully saturated rings. The third-order valence-electron chi connectivity index (χ3n) is 5.41. The zero-order chi connectivity index (χ0) is 22.9. The lowest BCUT2D eigenvalue weighted by Crippen LogP contribution is -2.52. The van der Waals surface area contributed by atoms with Gasteiger partial charge in [-0.2, -0.15) is 31.4 Å². The normalized spacial score (nSPS) is 17.2. The number of nitrogens with two attached hydrogens (primary N) is 1. The highest BCUT2D eigenvalue weighted by Gasteiger charge is 2.57. The van der Waals surface area contributed by atoms with Gasteiger partial charge < -0.3 is 10.3 Å². The molecule has 0 bridgehead atoms. The Morgan fingerprint density at radius 3 is 2.29 bits per heavy atom. The van der Waals surface area contributed by atoms with E-state index >= 15 is 0 Å². The van der Waals surface area contributed by atoms with Gasteiger partial charge in [0.25, 0.3) is 5.56 Å². The lowest BCUT2D eigenvalue weighted by molar-refractivity contribution is -0.178. The number of aryl methyl sites for hydroxylation is 1. The highest BCUT2D eigenvalue weighted by molar-refractivity contribution is 6.31. The van der Waals surface area contributed by atoms with Crippen LogP contribution >= 0.6 is 11.6 Å². The molecule has 4 rings (SSSR count). The fourth-order valence-electron chi connectivity index (χ4n) is 3.73. The first-order valence-corrected chi connectivity index (χ1v) is 9.45. The van der Waals surface area contributed by atoms with E-state index < -0.39 is 45.3 Å². The lowest BCUT2D eigenvalue weighted by atomic mass is 9.84. The molecule has 166 valence electrons. The van der Waals surface area contributed by atoms with Gasteiger partial charge in [0.15, 0.2) is 11.1 Å². The number of alkyl halides is 6. The second-order valence-electron chi connectivity index (χ2n) is 7.49. The first-order chi connectivity index (χ1) is 14.3. The van der Waals surface area contributed by atoms with Crippen molar-refractivity contribution in [1.29, 1.82) is 0 Å². The van der Waals surface area contributed by atoms with Crippen molar-refractivity contribution in [2.24, 2.45) is 12.8 Å². The van der Waals surface area contributed by atoms with Gasteiger partial charge in [-0.05, 0) is 36.6 Å². The van der Waals surface area contributed by atoms with Crippen LogP contribution in [-0.4, -0.2) is 20.5 Å². The maximum Gasteiger partial charge on any atom is 0.417 e. The molecule has 1 saturated carbocycles. The molecule has 2 N–H and O–H groups in total. The van der Waals surface area contributed by atoms with E-state index in [1.165, 1.54) is 23.9 Å². The minimum atomic E-state index is -5.15. The molecule has 1 aromatic carbocycles. The number of hydrogen-bond donors (Lipinski definition) is 1. The van der Waals surface area contributed by atoms with Gasteiger partial charge in [-0.3, -0.25) is 9.48 Å². The maximum atomic E-state index is 14.3. The number of pyridine rings is 1. The molecule has 31 heavy (non-hydrogen) atoms. The molecule has 1 aliphatic rings. The number of benzene rings is 1. The smallest absolute Gasteiger partial charge is 0.311 e. The molecular weight excluding hydrogens is 450 g/mol. The Kier molecular flexibility index (Phi) is 4.71. The molecule has 2 aromatic heterocycles. The summed E-state index contributed by atoms with van der Waals surface area (Å²) < 4.78 is 84.3. The van der Waals surface area contributed by atoms with Crippen LogP contribution in [0.4, 0.5) is 26.3 Å². The largest absolute Gasteiger partial charge is 0.417 e. The zero-order valence-electron chi connectivity index (χ0n) is 15.9. The number of aromatic nitrogens is 3. The van der Waals surface area contributed by atoms with Crippen LogP contribution in [0.3, 0.4) is 0 Å². The van der Waals surface area contributed by atoms with Crippen molar-refractivity contribution in [3.05, 3.63) is 62.7 Å². The monoisotopic (exact) mass is 464 g/mol. The predicted octanol–water partition coefficient (Wildman–Crippen LogP) is 4.51. The van der Waals surface area contributed by atoms with Crippen molar-refractivity contribution in [1.82, 2.24) is 14.3 Å². The van der Waals surface area contributed by atoms with Crippen molar-refractivity contribution in [3.8, 4) is 0 Å². The van der Waals surface area contributed by atoms with E-state index in [1.807, 2.05) is 0 Å². The van der Waals surface area contributed by atoms with Crippen LogP contribution in [0.5, 0.6) is 0 Å².